The number of nitro benzene ring substituents is 3. The molecule has 0 aliphatic heterocycles. The van der Waals surface area contributed by atoms with E-state index in [2.05, 4.69) is 15.4 Å². The lowest BCUT2D eigenvalue weighted by Crippen LogP contribution is -2.04. The first kappa shape index (κ1) is 17.5. The van der Waals surface area contributed by atoms with Crippen molar-refractivity contribution in [1.82, 2.24) is 20.2 Å². The molecule has 0 bridgehead atoms. The van der Waals surface area contributed by atoms with E-state index >= 15 is 0 Å². The first-order valence-corrected chi connectivity index (χ1v) is 7.29. The number of nitro groups is 3. The minimum atomic E-state index is -0.752. The minimum absolute atomic E-state index is 0.0243. The molecule has 3 aromatic rings. The monoisotopic (exact) mass is 371 g/mol. The van der Waals surface area contributed by atoms with Gasteiger partial charge in [-0.1, -0.05) is 12.1 Å². The lowest BCUT2D eigenvalue weighted by Gasteiger charge is -1.99. The average molecular weight is 371 g/mol. The Bertz CT molecular complexity index is 1010. The van der Waals surface area contributed by atoms with E-state index in [1.807, 2.05) is 0 Å². The Morgan fingerprint density at radius 3 is 1.89 bits per heavy atom. The maximum Gasteiger partial charge on any atom is 0.277 e. The van der Waals surface area contributed by atoms with Gasteiger partial charge in [0.1, 0.15) is 0 Å². The minimum Gasteiger partial charge on any atom is -0.258 e. The molecule has 2 aromatic carbocycles. The number of hydrogen-bond donors (Lipinski definition) is 0. The fraction of sp³-hybridized carbons (Fsp3) is 0.0714. The van der Waals surface area contributed by atoms with Crippen molar-refractivity contribution in [1.29, 1.82) is 0 Å². The SMILES string of the molecule is O=[N+]([O-])c1ccc(Cn2nnc(-c3cc([N+](=O)[O-])cc([N+](=O)[O-])c3)n2)cc1. The van der Waals surface area contributed by atoms with E-state index in [1.165, 1.54) is 29.1 Å². The molecular weight excluding hydrogens is 362 g/mol. The predicted octanol–water partition coefficient (Wildman–Crippen LogP) is 2.11. The van der Waals surface area contributed by atoms with Crippen molar-refractivity contribution in [3.63, 3.8) is 0 Å². The van der Waals surface area contributed by atoms with Crippen LogP contribution in [0.5, 0.6) is 0 Å². The van der Waals surface area contributed by atoms with Crippen LogP contribution in [0.3, 0.4) is 0 Å². The highest BCUT2D eigenvalue weighted by molar-refractivity contribution is 5.63. The van der Waals surface area contributed by atoms with Gasteiger partial charge in [0.2, 0.25) is 5.82 Å². The Morgan fingerprint density at radius 1 is 0.815 bits per heavy atom. The van der Waals surface area contributed by atoms with Crippen molar-refractivity contribution < 1.29 is 14.8 Å². The Kier molecular flexibility index (Phi) is 4.49. The second kappa shape index (κ2) is 6.91. The molecular formula is C14H9N7O6. The van der Waals surface area contributed by atoms with Crippen molar-refractivity contribution in [2.75, 3.05) is 0 Å². The zero-order valence-electron chi connectivity index (χ0n) is 13.3. The van der Waals surface area contributed by atoms with E-state index in [9.17, 15) is 30.3 Å². The number of tetrazole rings is 1. The van der Waals surface area contributed by atoms with Crippen LogP contribution in [0, 0.1) is 30.3 Å². The summed E-state index contributed by atoms with van der Waals surface area (Å²) in [6.45, 7) is 0.141. The number of nitrogens with zero attached hydrogens (tertiary/aromatic N) is 7. The molecule has 0 saturated heterocycles. The summed E-state index contributed by atoms with van der Waals surface area (Å²) in [4.78, 5) is 31.7. The van der Waals surface area contributed by atoms with Crippen LogP contribution in [0.2, 0.25) is 0 Å². The first-order chi connectivity index (χ1) is 12.8. The van der Waals surface area contributed by atoms with Crippen LogP contribution in [0.4, 0.5) is 17.1 Å². The van der Waals surface area contributed by atoms with Gasteiger partial charge in [-0.15, -0.1) is 10.2 Å². The van der Waals surface area contributed by atoms with Crippen LogP contribution in [-0.4, -0.2) is 35.0 Å². The molecule has 27 heavy (non-hydrogen) atoms. The first-order valence-electron chi connectivity index (χ1n) is 7.29. The number of aromatic nitrogens is 4. The molecule has 13 nitrogen and oxygen atoms in total. The smallest absolute Gasteiger partial charge is 0.258 e. The summed E-state index contributed by atoms with van der Waals surface area (Å²) in [6, 6.07) is 8.78. The summed E-state index contributed by atoms with van der Waals surface area (Å²) in [7, 11) is 0. The van der Waals surface area contributed by atoms with Gasteiger partial charge in [0.15, 0.2) is 0 Å². The third-order valence-electron chi connectivity index (χ3n) is 3.51. The molecule has 0 radical (unpaired) electrons. The molecule has 136 valence electrons. The second-order valence-corrected chi connectivity index (χ2v) is 5.32. The van der Waals surface area contributed by atoms with Crippen molar-refractivity contribution in [3.8, 4) is 11.4 Å². The summed E-state index contributed by atoms with van der Waals surface area (Å²) in [6.07, 6.45) is 0. The van der Waals surface area contributed by atoms with Gasteiger partial charge in [0.05, 0.1) is 27.4 Å². The van der Waals surface area contributed by atoms with E-state index in [-0.39, 0.29) is 23.6 Å². The van der Waals surface area contributed by atoms with E-state index < -0.39 is 26.1 Å². The van der Waals surface area contributed by atoms with Crippen LogP contribution in [0.25, 0.3) is 11.4 Å². The van der Waals surface area contributed by atoms with E-state index in [0.717, 1.165) is 18.2 Å². The van der Waals surface area contributed by atoms with Crippen molar-refractivity contribution in [2.24, 2.45) is 0 Å². The molecule has 0 atom stereocenters. The predicted molar refractivity (Wildman–Crippen MR) is 88.8 cm³/mol. The summed E-state index contributed by atoms with van der Waals surface area (Å²) >= 11 is 0. The third kappa shape index (κ3) is 3.87. The molecule has 13 heteroatoms. The van der Waals surface area contributed by atoms with E-state index in [0.29, 0.717) is 5.56 Å². The normalized spacial score (nSPS) is 10.5. The molecule has 1 aromatic heterocycles. The summed E-state index contributed by atoms with van der Waals surface area (Å²) in [5, 5.41) is 44.2. The lowest BCUT2D eigenvalue weighted by atomic mass is 10.1. The van der Waals surface area contributed by atoms with Crippen LogP contribution in [-0.2, 0) is 6.54 Å². The van der Waals surface area contributed by atoms with Gasteiger partial charge in [-0.05, 0) is 10.8 Å². The summed E-state index contributed by atoms with van der Waals surface area (Å²) < 4.78 is 0. The van der Waals surface area contributed by atoms with Crippen molar-refractivity contribution in [3.05, 3.63) is 78.4 Å². The number of rotatable bonds is 6. The fourth-order valence-electron chi connectivity index (χ4n) is 2.25. The van der Waals surface area contributed by atoms with Gasteiger partial charge in [-0.2, -0.15) is 4.80 Å². The molecule has 0 saturated carbocycles. The van der Waals surface area contributed by atoms with Gasteiger partial charge in [0, 0.05) is 29.8 Å². The average Bonchev–Trinajstić information content (AvgIpc) is 3.10. The van der Waals surface area contributed by atoms with Crippen LogP contribution in [0.1, 0.15) is 5.56 Å². The van der Waals surface area contributed by atoms with Crippen molar-refractivity contribution >= 4 is 17.1 Å². The molecule has 0 aliphatic rings. The molecule has 1 heterocycles. The second-order valence-electron chi connectivity index (χ2n) is 5.32. The molecule has 3 rings (SSSR count). The number of hydrogen-bond acceptors (Lipinski definition) is 9. The Morgan fingerprint density at radius 2 is 1.37 bits per heavy atom. The molecule has 0 fully saturated rings. The Labute approximate surface area is 149 Å². The van der Waals surface area contributed by atoms with Crippen molar-refractivity contribution in [2.45, 2.75) is 6.54 Å². The van der Waals surface area contributed by atoms with Gasteiger partial charge in [-0.25, -0.2) is 0 Å². The largest absolute Gasteiger partial charge is 0.277 e. The zero-order valence-corrected chi connectivity index (χ0v) is 13.3. The maximum absolute atomic E-state index is 11.0. The van der Waals surface area contributed by atoms with E-state index in [4.69, 9.17) is 0 Å². The van der Waals surface area contributed by atoms with Gasteiger partial charge in [0.25, 0.3) is 17.1 Å². The van der Waals surface area contributed by atoms with Crippen LogP contribution in [0.15, 0.2) is 42.5 Å². The summed E-state index contributed by atoms with van der Waals surface area (Å²) in [5.74, 6) is -0.0243. The Hall–Kier alpha value is -4.29. The quantitative estimate of drug-likeness (QED) is 0.464. The van der Waals surface area contributed by atoms with Gasteiger partial charge < -0.3 is 0 Å². The topological polar surface area (TPSA) is 173 Å². The maximum atomic E-state index is 11.0. The molecule has 0 aliphatic carbocycles. The number of benzene rings is 2. The molecule has 0 spiro atoms. The Balaban J connectivity index is 1.88. The number of non-ortho nitro benzene ring substituents is 3. The zero-order chi connectivity index (χ0) is 19.6. The molecule has 0 N–H and O–H groups in total. The highest BCUT2D eigenvalue weighted by Gasteiger charge is 2.19. The lowest BCUT2D eigenvalue weighted by molar-refractivity contribution is -0.394. The highest BCUT2D eigenvalue weighted by Crippen LogP contribution is 2.27. The highest BCUT2D eigenvalue weighted by atomic mass is 16.6. The summed E-state index contributed by atoms with van der Waals surface area (Å²) in [5.41, 5.74) is -0.257. The van der Waals surface area contributed by atoms with Gasteiger partial charge in [-0.3, -0.25) is 30.3 Å². The molecule has 0 amide bonds. The van der Waals surface area contributed by atoms with Crippen LogP contribution >= 0.6 is 0 Å². The third-order valence-corrected chi connectivity index (χ3v) is 3.51. The fourth-order valence-corrected chi connectivity index (χ4v) is 2.25. The molecule has 0 unspecified atom stereocenters. The van der Waals surface area contributed by atoms with Gasteiger partial charge >= 0.3 is 0 Å². The van der Waals surface area contributed by atoms with E-state index in [1.54, 1.807) is 0 Å². The van der Waals surface area contributed by atoms with Crippen LogP contribution < -0.4 is 0 Å². The standard InChI is InChI=1S/C14H9N7O6/c22-19(23)11-3-1-9(2-4-11)8-18-16-14(15-17-18)10-5-12(20(24)25)7-13(6-10)21(26)27/h1-7H,8H2.